The molecule has 29 heavy (non-hydrogen) atoms. The SMILES string of the molecule is COc1ccc(C(=O)N2CC[C@@]3(C2)CN(c2cccc(F)c2)C(=O)CN3C)cc1. The summed E-state index contributed by atoms with van der Waals surface area (Å²) in [5.41, 5.74) is 0.823. The molecule has 1 spiro atoms. The Kier molecular flexibility index (Phi) is 5.00. The average Bonchev–Trinajstić information content (AvgIpc) is 3.16. The van der Waals surface area contributed by atoms with Gasteiger partial charge in [0.1, 0.15) is 11.6 Å². The smallest absolute Gasteiger partial charge is 0.253 e. The molecule has 2 aromatic rings. The number of benzene rings is 2. The second kappa shape index (κ2) is 7.48. The van der Waals surface area contributed by atoms with Crippen molar-refractivity contribution in [3.05, 3.63) is 59.9 Å². The lowest BCUT2D eigenvalue weighted by molar-refractivity contribution is -0.123. The van der Waals surface area contributed by atoms with E-state index in [9.17, 15) is 14.0 Å². The van der Waals surface area contributed by atoms with Crippen molar-refractivity contribution in [2.75, 3.05) is 45.2 Å². The first-order valence-electron chi connectivity index (χ1n) is 9.62. The average molecular weight is 397 g/mol. The number of likely N-dealkylation sites (N-methyl/N-ethyl adjacent to an activating group) is 1. The number of methoxy groups -OCH3 is 1. The lowest BCUT2D eigenvalue weighted by atomic mass is 9.92. The molecule has 2 aliphatic heterocycles. The summed E-state index contributed by atoms with van der Waals surface area (Å²) in [5, 5.41) is 0. The molecule has 0 bridgehead atoms. The Hall–Kier alpha value is -2.93. The number of halogens is 1. The van der Waals surface area contributed by atoms with Crippen molar-refractivity contribution >= 4 is 17.5 Å². The van der Waals surface area contributed by atoms with E-state index in [1.807, 2.05) is 16.8 Å². The van der Waals surface area contributed by atoms with Crippen LogP contribution in [0.15, 0.2) is 48.5 Å². The normalized spacial score (nSPS) is 22.4. The molecule has 0 unspecified atom stereocenters. The van der Waals surface area contributed by atoms with E-state index in [4.69, 9.17) is 4.74 Å². The van der Waals surface area contributed by atoms with Gasteiger partial charge < -0.3 is 14.5 Å². The van der Waals surface area contributed by atoms with Crippen LogP contribution in [0.5, 0.6) is 5.75 Å². The highest BCUT2D eigenvalue weighted by atomic mass is 19.1. The molecule has 0 radical (unpaired) electrons. The number of nitrogens with zero attached hydrogens (tertiary/aromatic N) is 3. The molecular formula is C22H24FN3O3. The summed E-state index contributed by atoms with van der Waals surface area (Å²) in [4.78, 5) is 31.1. The lowest BCUT2D eigenvalue weighted by Crippen LogP contribution is -2.64. The van der Waals surface area contributed by atoms with Gasteiger partial charge in [0.25, 0.3) is 5.91 Å². The van der Waals surface area contributed by atoms with Gasteiger partial charge in [-0.2, -0.15) is 0 Å². The second-order valence-electron chi connectivity index (χ2n) is 7.75. The Labute approximate surface area is 169 Å². The van der Waals surface area contributed by atoms with Crippen LogP contribution in [-0.4, -0.2) is 67.5 Å². The fourth-order valence-electron chi connectivity index (χ4n) is 4.23. The molecule has 0 aromatic heterocycles. The van der Waals surface area contributed by atoms with E-state index in [0.29, 0.717) is 36.6 Å². The molecule has 0 saturated carbocycles. The molecule has 4 rings (SSSR count). The largest absolute Gasteiger partial charge is 0.497 e. The van der Waals surface area contributed by atoms with E-state index in [0.717, 1.165) is 6.42 Å². The topological polar surface area (TPSA) is 53.1 Å². The summed E-state index contributed by atoms with van der Waals surface area (Å²) in [7, 11) is 3.51. The van der Waals surface area contributed by atoms with Gasteiger partial charge in [0.05, 0.1) is 19.2 Å². The van der Waals surface area contributed by atoms with Crippen molar-refractivity contribution in [2.45, 2.75) is 12.0 Å². The molecule has 2 heterocycles. The summed E-state index contributed by atoms with van der Waals surface area (Å²) >= 11 is 0. The highest BCUT2D eigenvalue weighted by Crippen LogP contribution is 2.34. The second-order valence-corrected chi connectivity index (χ2v) is 7.75. The van der Waals surface area contributed by atoms with Crippen LogP contribution in [0.4, 0.5) is 10.1 Å². The first-order chi connectivity index (χ1) is 13.9. The molecule has 2 saturated heterocycles. The molecule has 0 aliphatic carbocycles. The van der Waals surface area contributed by atoms with Crippen LogP contribution in [0.3, 0.4) is 0 Å². The van der Waals surface area contributed by atoms with Crippen molar-refractivity contribution in [1.82, 2.24) is 9.80 Å². The Bertz CT molecular complexity index is 933. The van der Waals surface area contributed by atoms with Crippen molar-refractivity contribution in [3.8, 4) is 5.75 Å². The fourth-order valence-corrected chi connectivity index (χ4v) is 4.23. The number of anilines is 1. The third-order valence-corrected chi connectivity index (χ3v) is 6.01. The van der Waals surface area contributed by atoms with Crippen LogP contribution < -0.4 is 9.64 Å². The molecule has 1 atom stereocenters. The van der Waals surface area contributed by atoms with Gasteiger partial charge in [-0.1, -0.05) is 6.07 Å². The van der Waals surface area contributed by atoms with Gasteiger partial charge in [0, 0.05) is 30.9 Å². The number of piperazine rings is 1. The summed E-state index contributed by atoms with van der Waals surface area (Å²) in [6, 6.07) is 13.2. The van der Waals surface area contributed by atoms with Crippen LogP contribution >= 0.6 is 0 Å². The number of rotatable bonds is 3. The third-order valence-electron chi connectivity index (χ3n) is 6.01. The van der Waals surface area contributed by atoms with Crippen molar-refractivity contribution < 1.29 is 18.7 Å². The van der Waals surface area contributed by atoms with E-state index < -0.39 is 0 Å². The predicted octanol–water partition coefficient (Wildman–Crippen LogP) is 2.40. The minimum Gasteiger partial charge on any atom is -0.497 e. The zero-order chi connectivity index (χ0) is 20.6. The molecule has 7 heteroatoms. The van der Waals surface area contributed by atoms with Gasteiger partial charge in [-0.25, -0.2) is 4.39 Å². The summed E-state index contributed by atoms with van der Waals surface area (Å²) in [5.74, 6) is 0.234. The highest BCUT2D eigenvalue weighted by Gasteiger charge is 2.48. The quantitative estimate of drug-likeness (QED) is 0.798. The van der Waals surface area contributed by atoms with Crippen molar-refractivity contribution in [2.24, 2.45) is 0 Å². The summed E-state index contributed by atoms with van der Waals surface area (Å²) in [6.45, 7) is 1.80. The third kappa shape index (κ3) is 3.58. The van der Waals surface area contributed by atoms with Crippen LogP contribution in [0.1, 0.15) is 16.8 Å². The Morgan fingerprint density at radius 3 is 2.59 bits per heavy atom. The Morgan fingerprint density at radius 1 is 1.14 bits per heavy atom. The number of amides is 2. The van der Waals surface area contributed by atoms with Crippen molar-refractivity contribution in [1.29, 1.82) is 0 Å². The van der Waals surface area contributed by atoms with Crippen LogP contribution in [-0.2, 0) is 4.79 Å². The predicted molar refractivity (Wildman–Crippen MR) is 108 cm³/mol. The minimum atomic E-state index is -0.369. The minimum absolute atomic E-state index is 0.0351. The molecule has 152 valence electrons. The van der Waals surface area contributed by atoms with E-state index in [-0.39, 0.29) is 29.7 Å². The van der Waals surface area contributed by atoms with Gasteiger partial charge in [0.2, 0.25) is 5.91 Å². The summed E-state index contributed by atoms with van der Waals surface area (Å²) in [6.07, 6.45) is 0.754. The van der Waals surface area contributed by atoms with Gasteiger partial charge in [-0.15, -0.1) is 0 Å². The van der Waals surface area contributed by atoms with E-state index >= 15 is 0 Å². The lowest BCUT2D eigenvalue weighted by Gasteiger charge is -2.46. The van der Waals surface area contributed by atoms with Gasteiger partial charge in [-0.3, -0.25) is 14.5 Å². The van der Waals surface area contributed by atoms with Gasteiger partial charge >= 0.3 is 0 Å². The zero-order valence-corrected chi connectivity index (χ0v) is 16.6. The molecule has 2 fully saturated rings. The fraction of sp³-hybridized carbons (Fsp3) is 0.364. The highest BCUT2D eigenvalue weighted by molar-refractivity contribution is 5.97. The maximum Gasteiger partial charge on any atom is 0.253 e. The van der Waals surface area contributed by atoms with Gasteiger partial charge in [0.15, 0.2) is 0 Å². The van der Waals surface area contributed by atoms with E-state index in [1.54, 1.807) is 48.4 Å². The standard InChI is InChI=1S/C22H24FN3O3/c1-24-13-20(27)26(18-5-3-4-17(23)12-18)15-22(24)10-11-25(14-22)21(28)16-6-8-19(29-2)9-7-16/h3-9,12H,10-11,13-15H2,1-2H3/t22-/m1/s1. The Balaban J connectivity index is 1.54. The summed E-state index contributed by atoms with van der Waals surface area (Å²) < 4.78 is 18.8. The van der Waals surface area contributed by atoms with Crippen LogP contribution in [0.25, 0.3) is 0 Å². The number of hydrogen-bond acceptors (Lipinski definition) is 4. The molecule has 2 amide bonds. The van der Waals surface area contributed by atoms with E-state index in [1.165, 1.54) is 12.1 Å². The molecule has 2 aromatic carbocycles. The number of likely N-dealkylation sites (tertiary alicyclic amines) is 1. The van der Waals surface area contributed by atoms with Crippen LogP contribution in [0, 0.1) is 5.82 Å². The molecular weight excluding hydrogens is 373 g/mol. The number of hydrogen-bond donors (Lipinski definition) is 0. The number of carbonyl (C=O) groups excluding carboxylic acids is 2. The molecule has 0 N–H and O–H groups in total. The van der Waals surface area contributed by atoms with Gasteiger partial charge in [-0.05, 0) is 55.9 Å². The zero-order valence-electron chi connectivity index (χ0n) is 16.6. The maximum atomic E-state index is 13.7. The maximum absolute atomic E-state index is 13.7. The van der Waals surface area contributed by atoms with Crippen molar-refractivity contribution in [3.63, 3.8) is 0 Å². The number of carbonyl (C=O) groups is 2. The monoisotopic (exact) mass is 397 g/mol. The van der Waals surface area contributed by atoms with E-state index in [2.05, 4.69) is 0 Å². The molecule has 2 aliphatic rings. The first kappa shape index (κ1) is 19.4. The van der Waals surface area contributed by atoms with Crippen LogP contribution in [0.2, 0.25) is 0 Å². The number of ether oxygens (including phenoxy) is 1. The first-order valence-corrected chi connectivity index (χ1v) is 9.62. The Morgan fingerprint density at radius 2 is 1.90 bits per heavy atom. The molecule has 6 nitrogen and oxygen atoms in total.